The summed E-state index contributed by atoms with van der Waals surface area (Å²) in [7, 11) is 2.81. The molecule has 0 radical (unpaired) electrons. The fourth-order valence-electron chi connectivity index (χ4n) is 2.77. The molecule has 1 amide bonds. The number of aromatic nitrogens is 1. The molecule has 1 aromatic heterocycles. The molecule has 0 unspecified atom stereocenters. The van der Waals surface area contributed by atoms with Crippen molar-refractivity contribution in [1.82, 2.24) is 10.3 Å². The number of rotatable bonds is 7. The summed E-state index contributed by atoms with van der Waals surface area (Å²) in [5.41, 5.74) is 0.537. The first-order chi connectivity index (χ1) is 14.8. The summed E-state index contributed by atoms with van der Waals surface area (Å²) in [5.74, 6) is -2.02. The predicted octanol–water partition coefficient (Wildman–Crippen LogP) is 4.31. The predicted molar refractivity (Wildman–Crippen MR) is 111 cm³/mol. The van der Waals surface area contributed by atoms with Gasteiger partial charge in [-0.05, 0) is 42.5 Å². The number of hydrogen-bond donors (Lipinski definition) is 1. The third-order valence-electron chi connectivity index (χ3n) is 4.39. The van der Waals surface area contributed by atoms with Gasteiger partial charge in [0.25, 0.3) is 5.91 Å². The van der Waals surface area contributed by atoms with Gasteiger partial charge in [0.1, 0.15) is 34.5 Å². The number of carbonyl (C=O) groups is 2. The number of nitrogens with zero attached hydrogens (tertiary/aromatic N) is 1. The maximum atomic E-state index is 14.0. The average molecular weight is 447 g/mol. The number of hydrogen-bond acceptors (Lipinski definition) is 5. The highest BCUT2D eigenvalue weighted by molar-refractivity contribution is 6.31. The first kappa shape index (κ1) is 22.2. The molecule has 2 aromatic carbocycles. The number of nitrogens with one attached hydrogen (secondary N) is 1. The minimum absolute atomic E-state index is 0.0340. The lowest BCUT2D eigenvalue weighted by Crippen LogP contribution is -2.30. The number of amides is 1. The summed E-state index contributed by atoms with van der Waals surface area (Å²) in [6.07, 6.45) is 0. The van der Waals surface area contributed by atoms with E-state index in [1.165, 1.54) is 56.7 Å². The summed E-state index contributed by atoms with van der Waals surface area (Å²) in [6.45, 7) is -0.409. The summed E-state index contributed by atoms with van der Waals surface area (Å²) in [6, 6.07) is 10.7. The number of ether oxygens (including phenoxy) is 2. The van der Waals surface area contributed by atoms with Crippen LogP contribution >= 0.6 is 11.6 Å². The molecule has 0 fully saturated rings. The maximum absolute atomic E-state index is 14.0. The molecule has 6 nitrogen and oxygen atoms in total. The van der Waals surface area contributed by atoms with Crippen LogP contribution in [0.3, 0.4) is 0 Å². The largest absolute Gasteiger partial charge is 0.497 e. The maximum Gasteiger partial charge on any atom is 0.254 e. The molecule has 0 aliphatic rings. The summed E-state index contributed by atoms with van der Waals surface area (Å²) < 4.78 is 37.7. The topological polar surface area (TPSA) is 77.5 Å². The Morgan fingerprint density at radius 3 is 2.42 bits per heavy atom. The van der Waals surface area contributed by atoms with Gasteiger partial charge < -0.3 is 14.8 Å². The Labute approximate surface area is 181 Å². The van der Waals surface area contributed by atoms with Crippen molar-refractivity contribution in [3.8, 4) is 22.8 Å². The highest BCUT2D eigenvalue weighted by atomic mass is 35.5. The molecule has 0 spiro atoms. The van der Waals surface area contributed by atoms with Crippen LogP contribution in [-0.4, -0.2) is 37.4 Å². The van der Waals surface area contributed by atoms with Gasteiger partial charge in [-0.3, -0.25) is 9.59 Å². The molecule has 160 valence electrons. The molecular formula is C22H17ClF2N2O4. The fourth-order valence-corrected chi connectivity index (χ4v) is 2.95. The van der Waals surface area contributed by atoms with Crippen LogP contribution in [0.25, 0.3) is 11.3 Å². The molecule has 1 N–H and O–H groups in total. The molecule has 1 heterocycles. The third kappa shape index (κ3) is 4.97. The third-order valence-corrected chi connectivity index (χ3v) is 4.68. The van der Waals surface area contributed by atoms with Crippen LogP contribution in [0, 0.1) is 11.6 Å². The van der Waals surface area contributed by atoms with Gasteiger partial charge in [-0.2, -0.15) is 0 Å². The summed E-state index contributed by atoms with van der Waals surface area (Å²) in [4.78, 5) is 29.1. The van der Waals surface area contributed by atoms with Crippen molar-refractivity contribution in [3.05, 3.63) is 76.4 Å². The van der Waals surface area contributed by atoms with E-state index in [2.05, 4.69) is 10.3 Å². The summed E-state index contributed by atoms with van der Waals surface area (Å²) in [5, 5.41) is 2.26. The first-order valence-electron chi connectivity index (χ1n) is 8.99. The van der Waals surface area contributed by atoms with E-state index in [0.29, 0.717) is 11.3 Å². The quantitative estimate of drug-likeness (QED) is 0.547. The standard InChI is InChI=1S/C22H17ClF2N2O4/c1-30-13-4-5-14(17(25)10-13)22(29)26-11-19(28)18-7-8-20(31-2)21(27-18)12-3-6-16(24)15(23)9-12/h3-10H,11H2,1-2H3,(H,26,29). The molecule has 3 aromatic rings. The fraction of sp³-hybridized carbons (Fsp3) is 0.136. The van der Waals surface area contributed by atoms with E-state index in [0.717, 1.165) is 6.07 Å². The van der Waals surface area contributed by atoms with Gasteiger partial charge >= 0.3 is 0 Å². The molecule has 0 bridgehead atoms. The Balaban J connectivity index is 1.79. The van der Waals surface area contributed by atoms with Crippen LogP contribution < -0.4 is 14.8 Å². The van der Waals surface area contributed by atoms with Crippen LogP contribution in [0.1, 0.15) is 20.8 Å². The van der Waals surface area contributed by atoms with Gasteiger partial charge in [0.05, 0.1) is 31.4 Å². The van der Waals surface area contributed by atoms with Crippen molar-refractivity contribution < 1.29 is 27.8 Å². The molecular weight excluding hydrogens is 430 g/mol. The molecule has 0 aliphatic heterocycles. The second kappa shape index (κ2) is 9.53. The van der Waals surface area contributed by atoms with Crippen LogP contribution in [0.2, 0.25) is 5.02 Å². The smallest absolute Gasteiger partial charge is 0.254 e. The molecule has 0 aliphatic carbocycles. The van der Waals surface area contributed by atoms with E-state index in [-0.39, 0.29) is 27.7 Å². The number of methoxy groups -OCH3 is 2. The molecule has 3 rings (SSSR count). The van der Waals surface area contributed by atoms with Gasteiger partial charge in [0.2, 0.25) is 0 Å². The molecule has 0 saturated heterocycles. The minimum Gasteiger partial charge on any atom is -0.497 e. The molecule has 0 atom stereocenters. The normalized spacial score (nSPS) is 10.5. The number of benzene rings is 2. The lowest BCUT2D eigenvalue weighted by molar-refractivity contribution is 0.0899. The Hall–Kier alpha value is -3.52. The SMILES string of the molecule is COc1ccc(C(=O)NCC(=O)c2ccc(OC)c(-c3ccc(F)c(Cl)c3)n2)c(F)c1. The van der Waals surface area contributed by atoms with Crippen LogP contribution in [0.4, 0.5) is 8.78 Å². The number of halogens is 3. The Bertz CT molecular complexity index is 1150. The highest BCUT2D eigenvalue weighted by Crippen LogP contribution is 2.31. The van der Waals surface area contributed by atoms with Crippen molar-refractivity contribution in [2.24, 2.45) is 0 Å². The number of carbonyl (C=O) groups excluding carboxylic acids is 2. The Kier molecular flexibility index (Phi) is 6.81. The van der Waals surface area contributed by atoms with Crippen LogP contribution in [0.15, 0.2) is 48.5 Å². The van der Waals surface area contributed by atoms with Gasteiger partial charge in [-0.1, -0.05) is 11.6 Å². The second-order valence-corrected chi connectivity index (χ2v) is 6.74. The monoisotopic (exact) mass is 446 g/mol. The molecule has 9 heteroatoms. The second-order valence-electron chi connectivity index (χ2n) is 6.33. The zero-order valence-corrected chi connectivity index (χ0v) is 17.3. The van der Waals surface area contributed by atoms with Gasteiger partial charge in [0.15, 0.2) is 5.78 Å². The lowest BCUT2D eigenvalue weighted by atomic mass is 10.1. The van der Waals surface area contributed by atoms with Crippen molar-refractivity contribution in [1.29, 1.82) is 0 Å². The van der Waals surface area contributed by atoms with E-state index >= 15 is 0 Å². The van der Waals surface area contributed by atoms with E-state index < -0.39 is 29.9 Å². The van der Waals surface area contributed by atoms with E-state index in [1.54, 1.807) is 0 Å². The van der Waals surface area contributed by atoms with Crippen molar-refractivity contribution in [3.63, 3.8) is 0 Å². The van der Waals surface area contributed by atoms with Gasteiger partial charge in [-0.15, -0.1) is 0 Å². The van der Waals surface area contributed by atoms with Crippen molar-refractivity contribution in [2.75, 3.05) is 20.8 Å². The van der Waals surface area contributed by atoms with Crippen molar-refractivity contribution in [2.45, 2.75) is 0 Å². The lowest BCUT2D eigenvalue weighted by Gasteiger charge is -2.11. The van der Waals surface area contributed by atoms with Crippen LogP contribution in [0.5, 0.6) is 11.5 Å². The first-order valence-corrected chi connectivity index (χ1v) is 9.37. The summed E-state index contributed by atoms with van der Waals surface area (Å²) >= 11 is 5.84. The van der Waals surface area contributed by atoms with Gasteiger partial charge in [0, 0.05) is 11.6 Å². The van der Waals surface area contributed by atoms with E-state index in [1.807, 2.05) is 0 Å². The van der Waals surface area contributed by atoms with E-state index in [9.17, 15) is 18.4 Å². The number of Topliss-reactive ketones (excluding diaryl/α,β-unsaturated/α-hetero) is 1. The molecule has 31 heavy (non-hydrogen) atoms. The Morgan fingerprint density at radius 1 is 1.00 bits per heavy atom. The Morgan fingerprint density at radius 2 is 1.77 bits per heavy atom. The molecule has 0 saturated carbocycles. The van der Waals surface area contributed by atoms with Crippen molar-refractivity contribution >= 4 is 23.3 Å². The zero-order chi connectivity index (χ0) is 22.5. The zero-order valence-electron chi connectivity index (χ0n) is 16.5. The van der Waals surface area contributed by atoms with E-state index in [4.69, 9.17) is 21.1 Å². The average Bonchev–Trinajstić information content (AvgIpc) is 2.78. The minimum atomic E-state index is -0.776. The number of pyridine rings is 1. The highest BCUT2D eigenvalue weighted by Gasteiger charge is 2.17. The van der Waals surface area contributed by atoms with Crippen LogP contribution in [-0.2, 0) is 0 Å². The number of ketones is 1. The van der Waals surface area contributed by atoms with Gasteiger partial charge in [-0.25, -0.2) is 13.8 Å².